The average Bonchev–Trinajstić information content (AvgIpc) is 2.16. The summed E-state index contributed by atoms with van der Waals surface area (Å²) in [5.41, 5.74) is -0.0771. The van der Waals surface area contributed by atoms with E-state index in [0.29, 0.717) is 11.3 Å². The van der Waals surface area contributed by atoms with Gasteiger partial charge in [0.05, 0.1) is 6.61 Å². The molecular weight excluding hydrogens is 176 g/mol. The summed E-state index contributed by atoms with van der Waals surface area (Å²) in [4.78, 5) is 10.9. The van der Waals surface area contributed by atoms with Gasteiger partial charge in [0.1, 0.15) is 6.29 Å². The van der Waals surface area contributed by atoms with Crippen LogP contribution in [-0.4, -0.2) is 18.0 Å². The molecule has 1 rings (SSSR count). The highest BCUT2D eigenvalue weighted by Crippen LogP contribution is 2.44. The van der Waals surface area contributed by atoms with E-state index in [1.165, 1.54) is 0 Å². The molecule has 0 aromatic carbocycles. The molecule has 0 bridgehead atoms. The second-order valence-corrected chi connectivity index (χ2v) is 5.78. The molecule has 1 N–H and O–H groups in total. The molecule has 82 valence electrons. The Morgan fingerprint density at radius 3 is 2.14 bits per heavy atom. The van der Waals surface area contributed by atoms with Crippen LogP contribution < -0.4 is 0 Å². The molecule has 0 spiro atoms. The van der Waals surface area contributed by atoms with E-state index < -0.39 is 5.41 Å². The Balaban J connectivity index is 2.57. The smallest absolute Gasteiger partial charge is 0.128 e. The zero-order chi connectivity index (χ0) is 10.8. The van der Waals surface area contributed by atoms with Crippen LogP contribution in [0.25, 0.3) is 0 Å². The lowest BCUT2D eigenvalue weighted by Crippen LogP contribution is -2.36. The fraction of sp³-hybridized carbons (Fsp3) is 0.917. The maximum atomic E-state index is 10.9. The van der Waals surface area contributed by atoms with Crippen molar-refractivity contribution in [3.63, 3.8) is 0 Å². The van der Waals surface area contributed by atoms with Crippen LogP contribution in [0.15, 0.2) is 0 Å². The second kappa shape index (κ2) is 4.01. The van der Waals surface area contributed by atoms with E-state index in [1.54, 1.807) is 0 Å². The number of aldehydes is 1. The highest BCUT2D eigenvalue weighted by molar-refractivity contribution is 5.59. The Labute approximate surface area is 86.7 Å². The quantitative estimate of drug-likeness (QED) is 0.692. The molecule has 0 heterocycles. The summed E-state index contributed by atoms with van der Waals surface area (Å²) in [5.74, 6) is 0.696. The van der Waals surface area contributed by atoms with Gasteiger partial charge in [0.15, 0.2) is 0 Å². The van der Waals surface area contributed by atoms with Crippen LogP contribution >= 0.6 is 0 Å². The van der Waals surface area contributed by atoms with Crippen molar-refractivity contribution in [3.05, 3.63) is 0 Å². The molecule has 0 atom stereocenters. The van der Waals surface area contributed by atoms with Gasteiger partial charge in [-0.1, -0.05) is 20.8 Å². The zero-order valence-electron chi connectivity index (χ0n) is 9.55. The highest BCUT2D eigenvalue weighted by Gasteiger charge is 2.38. The van der Waals surface area contributed by atoms with Crippen molar-refractivity contribution < 1.29 is 9.90 Å². The maximum Gasteiger partial charge on any atom is 0.128 e. The molecule has 0 amide bonds. The molecular formula is C12H22O2. The van der Waals surface area contributed by atoms with Gasteiger partial charge in [-0.05, 0) is 37.0 Å². The molecule has 1 aliphatic rings. The minimum Gasteiger partial charge on any atom is -0.395 e. The maximum absolute atomic E-state index is 10.9. The van der Waals surface area contributed by atoms with Crippen LogP contribution in [-0.2, 0) is 4.79 Å². The first-order chi connectivity index (χ1) is 6.43. The fourth-order valence-electron chi connectivity index (χ4n) is 2.37. The number of aliphatic hydroxyl groups is 1. The van der Waals surface area contributed by atoms with Crippen molar-refractivity contribution in [2.45, 2.75) is 46.5 Å². The number of hydrogen-bond donors (Lipinski definition) is 1. The first kappa shape index (κ1) is 11.7. The summed E-state index contributed by atoms with van der Waals surface area (Å²) in [6.45, 7) is 6.78. The number of carbonyl (C=O) groups excluding carboxylic acids is 1. The largest absolute Gasteiger partial charge is 0.395 e. The van der Waals surface area contributed by atoms with E-state index in [-0.39, 0.29) is 6.61 Å². The van der Waals surface area contributed by atoms with Gasteiger partial charge in [-0.25, -0.2) is 0 Å². The Morgan fingerprint density at radius 2 is 1.86 bits per heavy atom. The van der Waals surface area contributed by atoms with Crippen molar-refractivity contribution in [1.29, 1.82) is 0 Å². The van der Waals surface area contributed by atoms with E-state index in [2.05, 4.69) is 20.8 Å². The first-order valence-corrected chi connectivity index (χ1v) is 5.51. The molecule has 0 aromatic rings. The summed E-state index contributed by atoms with van der Waals surface area (Å²) in [6.07, 6.45) is 4.82. The standard InChI is InChI=1S/C12H22O2/c1-11(2,3)10-4-6-12(8-13,9-14)7-5-10/h8,10,14H,4-7,9H2,1-3H3. The van der Waals surface area contributed by atoms with Crippen molar-refractivity contribution in [2.24, 2.45) is 16.7 Å². The van der Waals surface area contributed by atoms with Gasteiger partial charge in [0.2, 0.25) is 0 Å². The van der Waals surface area contributed by atoms with Crippen LogP contribution in [0.3, 0.4) is 0 Å². The van der Waals surface area contributed by atoms with Gasteiger partial charge in [0.25, 0.3) is 0 Å². The number of hydrogen-bond acceptors (Lipinski definition) is 2. The Bertz CT molecular complexity index is 195. The van der Waals surface area contributed by atoms with Gasteiger partial charge in [-0.2, -0.15) is 0 Å². The lowest BCUT2D eigenvalue weighted by Gasteiger charge is -2.40. The predicted octanol–water partition coefficient (Wildman–Crippen LogP) is 2.40. The summed E-state index contributed by atoms with van der Waals surface area (Å²) in [6, 6.07) is 0. The number of carbonyl (C=O) groups is 1. The zero-order valence-corrected chi connectivity index (χ0v) is 9.55. The molecule has 2 heteroatoms. The van der Waals surface area contributed by atoms with Gasteiger partial charge in [0, 0.05) is 5.41 Å². The molecule has 0 aliphatic heterocycles. The van der Waals surface area contributed by atoms with Crippen LogP contribution in [0.1, 0.15) is 46.5 Å². The fourth-order valence-corrected chi connectivity index (χ4v) is 2.37. The van der Waals surface area contributed by atoms with Crippen LogP contribution in [0.4, 0.5) is 0 Å². The molecule has 1 aliphatic carbocycles. The molecule has 0 unspecified atom stereocenters. The van der Waals surface area contributed by atoms with Crippen molar-refractivity contribution in [1.82, 2.24) is 0 Å². The molecule has 0 aromatic heterocycles. The third-order valence-corrected chi connectivity index (χ3v) is 3.77. The van der Waals surface area contributed by atoms with Crippen LogP contribution in [0.2, 0.25) is 0 Å². The Kier molecular flexibility index (Phi) is 3.36. The van der Waals surface area contributed by atoms with Crippen molar-refractivity contribution in [2.75, 3.05) is 6.61 Å². The van der Waals surface area contributed by atoms with E-state index in [4.69, 9.17) is 0 Å². The third-order valence-electron chi connectivity index (χ3n) is 3.77. The van der Waals surface area contributed by atoms with Gasteiger partial charge >= 0.3 is 0 Å². The predicted molar refractivity (Wildman–Crippen MR) is 57.0 cm³/mol. The van der Waals surface area contributed by atoms with E-state index in [9.17, 15) is 9.90 Å². The Morgan fingerprint density at radius 1 is 1.36 bits per heavy atom. The summed E-state index contributed by atoms with van der Waals surface area (Å²) in [5, 5.41) is 9.20. The summed E-state index contributed by atoms with van der Waals surface area (Å²) in [7, 11) is 0. The second-order valence-electron chi connectivity index (χ2n) is 5.78. The summed E-state index contributed by atoms with van der Waals surface area (Å²) >= 11 is 0. The van der Waals surface area contributed by atoms with Crippen LogP contribution in [0, 0.1) is 16.7 Å². The topological polar surface area (TPSA) is 37.3 Å². The Hall–Kier alpha value is -0.370. The van der Waals surface area contributed by atoms with E-state index in [1.807, 2.05) is 0 Å². The van der Waals surface area contributed by atoms with Gasteiger partial charge in [-0.15, -0.1) is 0 Å². The molecule has 0 radical (unpaired) electrons. The minimum absolute atomic E-state index is 0.0212. The van der Waals surface area contributed by atoms with Gasteiger partial charge in [-0.3, -0.25) is 0 Å². The minimum atomic E-state index is -0.415. The van der Waals surface area contributed by atoms with Crippen molar-refractivity contribution in [3.8, 4) is 0 Å². The number of aliphatic hydroxyl groups excluding tert-OH is 1. The first-order valence-electron chi connectivity index (χ1n) is 5.51. The monoisotopic (exact) mass is 198 g/mol. The molecule has 14 heavy (non-hydrogen) atoms. The third kappa shape index (κ3) is 2.35. The lowest BCUT2D eigenvalue weighted by atomic mass is 9.65. The summed E-state index contributed by atoms with van der Waals surface area (Å²) < 4.78 is 0. The van der Waals surface area contributed by atoms with Crippen LogP contribution in [0.5, 0.6) is 0 Å². The van der Waals surface area contributed by atoms with Gasteiger partial charge < -0.3 is 9.90 Å². The molecule has 0 saturated heterocycles. The SMILES string of the molecule is CC(C)(C)C1CCC(C=O)(CO)CC1. The molecule has 1 saturated carbocycles. The highest BCUT2D eigenvalue weighted by atomic mass is 16.3. The van der Waals surface area contributed by atoms with E-state index in [0.717, 1.165) is 32.0 Å². The van der Waals surface area contributed by atoms with E-state index >= 15 is 0 Å². The normalized spacial score (nSPS) is 34.1. The average molecular weight is 198 g/mol. The molecule has 1 fully saturated rings. The lowest BCUT2D eigenvalue weighted by molar-refractivity contribution is -0.121. The molecule has 2 nitrogen and oxygen atoms in total. The van der Waals surface area contributed by atoms with Crippen molar-refractivity contribution >= 4 is 6.29 Å². The number of rotatable bonds is 2.